The molecule has 1 aromatic heterocycles. The van der Waals surface area contributed by atoms with Crippen LogP contribution in [0.3, 0.4) is 0 Å². The molecule has 1 aromatic carbocycles. The van der Waals surface area contributed by atoms with Crippen LogP contribution in [0.4, 0.5) is 21.7 Å². The Balaban J connectivity index is 2.38. The SMILES string of the molecule is Nc1nccnc1Nc1c(F)cccc1Cl. The summed E-state index contributed by atoms with van der Waals surface area (Å²) in [6, 6.07) is 4.38. The molecule has 82 valence electrons. The first kappa shape index (κ1) is 10.6. The molecule has 0 aliphatic carbocycles. The number of nitrogens with zero attached hydrogens (tertiary/aromatic N) is 2. The maximum absolute atomic E-state index is 13.4. The van der Waals surface area contributed by atoms with Crippen LogP contribution in [0.1, 0.15) is 0 Å². The summed E-state index contributed by atoms with van der Waals surface area (Å²) in [7, 11) is 0. The molecule has 0 aliphatic rings. The van der Waals surface area contributed by atoms with Gasteiger partial charge in [0.2, 0.25) is 0 Å². The third kappa shape index (κ3) is 2.04. The predicted octanol–water partition coefficient (Wildman–Crippen LogP) is 2.59. The van der Waals surface area contributed by atoms with Gasteiger partial charge in [0.25, 0.3) is 0 Å². The predicted molar refractivity (Wildman–Crippen MR) is 61.1 cm³/mol. The molecular weight excluding hydrogens is 231 g/mol. The Bertz CT molecular complexity index is 498. The van der Waals surface area contributed by atoms with Crippen molar-refractivity contribution < 1.29 is 4.39 Å². The number of rotatable bonds is 2. The van der Waals surface area contributed by atoms with Crippen LogP contribution < -0.4 is 11.1 Å². The fourth-order valence-corrected chi connectivity index (χ4v) is 1.39. The minimum absolute atomic E-state index is 0.136. The van der Waals surface area contributed by atoms with E-state index in [-0.39, 0.29) is 22.3 Å². The van der Waals surface area contributed by atoms with E-state index >= 15 is 0 Å². The van der Waals surface area contributed by atoms with Crippen molar-refractivity contribution in [2.24, 2.45) is 0 Å². The topological polar surface area (TPSA) is 63.8 Å². The summed E-state index contributed by atoms with van der Waals surface area (Å²) in [6.07, 6.45) is 2.90. The van der Waals surface area contributed by atoms with Crippen molar-refractivity contribution in [3.8, 4) is 0 Å². The molecule has 0 unspecified atom stereocenters. The molecule has 0 aliphatic heterocycles. The largest absolute Gasteiger partial charge is 0.381 e. The molecule has 0 radical (unpaired) electrons. The van der Waals surface area contributed by atoms with Gasteiger partial charge in [-0.1, -0.05) is 17.7 Å². The quantitative estimate of drug-likeness (QED) is 0.844. The Labute approximate surface area is 96.3 Å². The summed E-state index contributed by atoms with van der Waals surface area (Å²) < 4.78 is 13.4. The third-order valence-electron chi connectivity index (χ3n) is 1.93. The van der Waals surface area contributed by atoms with Crippen molar-refractivity contribution in [2.45, 2.75) is 0 Å². The van der Waals surface area contributed by atoms with Crippen LogP contribution in [0.15, 0.2) is 30.6 Å². The highest BCUT2D eigenvalue weighted by molar-refractivity contribution is 6.33. The molecule has 6 heteroatoms. The van der Waals surface area contributed by atoms with Crippen molar-refractivity contribution >= 4 is 28.9 Å². The summed E-state index contributed by atoms with van der Waals surface area (Å²) in [4.78, 5) is 7.75. The van der Waals surface area contributed by atoms with Crippen LogP contribution in [-0.2, 0) is 0 Å². The number of hydrogen-bond acceptors (Lipinski definition) is 4. The standard InChI is InChI=1S/C10H8ClFN4/c11-6-2-1-3-7(12)8(6)16-10-9(13)14-4-5-15-10/h1-5H,(H2,13,14)(H,15,16). The lowest BCUT2D eigenvalue weighted by Gasteiger charge is -2.09. The molecule has 0 fully saturated rings. The van der Waals surface area contributed by atoms with E-state index in [1.807, 2.05) is 0 Å². The van der Waals surface area contributed by atoms with E-state index in [0.29, 0.717) is 0 Å². The van der Waals surface area contributed by atoms with E-state index in [1.54, 1.807) is 6.07 Å². The van der Waals surface area contributed by atoms with Gasteiger partial charge in [-0.05, 0) is 12.1 Å². The highest BCUT2D eigenvalue weighted by atomic mass is 35.5. The molecule has 2 rings (SSSR count). The zero-order chi connectivity index (χ0) is 11.5. The number of aromatic nitrogens is 2. The molecule has 16 heavy (non-hydrogen) atoms. The normalized spacial score (nSPS) is 10.1. The van der Waals surface area contributed by atoms with Crippen LogP contribution in [0.25, 0.3) is 0 Å². The zero-order valence-corrected chi connectivity index (χ0v) is 8.87. The van der Waals surface area contributed by atoms with Crippen molar-refractivity contribution in [3.63, 3.8) is 0 Å². The van der Waals surface area contributed by atoms with Gasteiger partial charge in [-0.15, -0.1) is 0 Å². The van der Waals surface area contributed by atoms with Crippen LogP contribution in [0.5, 0.6) is 0 Å². The molecule has 2 aromatic rings. The smallest absolute Gasteiger partial charge is 0.173 e. The van der Waals surface area contributed by atoms with Crippen LogP contribution >= 0.6 is 11.6 Å². The summed E-state index contributed by atoms with van der Waals surface area (Å²) in [6.45, 7) is 0. The average Bonchev–Trinajstić information content (AvgIpc) is 2.26. The minimum atomic E-state index is -0.474. The van der Waals surface area contributed by atoms with E-state index in [0.717, 1.165) is 0 Å². The van der Waals surface area contributed by atoms with E-state index in [1.165, 1.54) is 24.5 Å². The molecular formula is C10H8ClFN4. The van der Waals surface area contributed by atoms with E-state index < -0.39 is 5.82 Å². The number of nitrogen functional groups attached to an aromatic ring is 1. The lowest BCUT2D eigenvalue weighted by atomic mass is 10.3. The molecule has 0 saturated heterocycles. The molecule has 3 N–H and O–H groups in total. The highest BCUT2D eigenvalue weighted by Crippen LogP contribution is 2.28. The maximum Gasteiger partial charge on any atom is 0.173 e. The van der Waals surface area contributed by atoms with Gasteiger partial charge in [-0.25, -0.2) is 14.4 Å². The minimum Gasteiger partial charge on any atom is -0.381 e. The lowest BCUT2D eigenvalue weighted by molar-refractivity contribution is 0.632. The number of hydrogen-bond donors (Lipinski definition) is 2. The molecule has 0 atom stereocenters. The number of benzene rings is 1. The van der Waals surface area contributed by atoms with Gasteiger partial charge in [-0.3, -0.25) is 0 Å². The number of para-hydroxylation sites is 1. The van der Waals surface area contributed by atoms with Crippen molar-refractivity contribution in [1.29, 1.82) is 0 Å². The van der Waals surface area contributed by atoms with Crippen molar-refractivity contribution in [3.05, 3.63) is 41.4 Å². The number of anilines is 3. The summed E-state index contributed by atoms with van der Waals surface area (Å²) >= 11 is 5.84. The first-order valence-electron chi connectivity index (χ1n) is 4.46. The van der Waals surface area contributed by atoms with Crippen LogP contribution in [0.2, 0.25) is 5.02 Å². The van der Waals surface area contributed by atoms with Crippen molar-refractivity contribution in [2.75, 3.05) is 11.1 Å². The molecule has 0 amide bonds. The van der Waals surface area contributed by atoms with E-state index in [4.69, 9.17) is 17.3 Å². The molecule has 1 heterocycles. The lowest BCUT2D eigenvalue weighted by Crippen LogP contribution is -2.02. The maximum atomic E-state index is 13.4. The Morgan fingerprint density at radius 1 is 1.25 bits per heavy atom. The van der Waals surface area contributed by atoms with Gasteiger partial charge in [0.15, 0.2) is 11.6 Å². The first-order chi connectivity index (χ1) is 7.68. The van der Waals surface area contributed by atoms with E-state index in [2.05, 4.69) is 15.3 Å². The monoisotopic (exact) mass is 238 g/mol. The van der Waals surface area contributed by atoms with Gasteiger partial charge in [0, 0.05) is 12.4 Å². The van der Waals surface area contributed by atoms with Crippen molar-refractivity contribution in [1.82, 2.24) is 9.97 Å². The fraction of sp³-hybridized carbons (Fsp3) is 0. The van der Waals surface area contributed by atoms with Gasteiger partial charge in [-0.2, -0.15) is 0 Å². The van der Waals surface area contributed by atoms with Gasteiger partial charge in [0.05, 0.1) is 10.7 Å². The first-order valence-corrected chi connectivity index (χ1v) is 4.84. The number of nitrogens with one attached hydrogen (secondary N) is 1. The van der Waals surface area contributed by atoms with E-state index in [9.17, 15) is 4.39 Å². The molecule has 4 nitrogen and oxygen atoms in total. The zero-order valence-electron chi connectivity index (χ0n) is 8.11. The fourth-order valence-electron chi connectivity index (χ4n) is 1.18. The number of halogens is 2. The Morgan fingerprint density at radius 3 is 2.69 bits per heavy atom. The molecule has 0 spiro atoms. The van der Waals surface area contributed by atoms with Crippen LogP contribution in [0, 0.1) is 5.82 Å². The summed E-state index contributed by atoms with van der Waals surface area (Å²) in [5.41, 5.74) is 5.70. The number of nitrogens with two attached hydrogens (primary N) is 1. The Morgan fingerprint density at radius 2 is 2.00 bits per heavy atom. The van der Waals surface area contributed by atoms with Gasteiger partial charge < -0.3 is 11.1 Å². The van der Waals surface area contributed by atoms with Crippen LogP contribution in [-0.4, -0.2) is 9.97 Å². The third-order valence-corrected chi connectivity index (χ3v) is 2.25. The Kier molecular flexibility index (Phi) is 2.87. The molecule has 0 bridgehead atoms. The van der Waals surface area contributed by atoms with Gasteiger partial charge >= 0.3 is 0 Å². The Hall–Kier alpha value is -1.88. The summed E-state index contributed by atoms with van der Waals surface area (Å²) in [5.74, 6) is -0.0196. The second-order valence-corrected chi connectivity index (χ2v) is 3.42. The highest BCUT2D eigenvalue weighted by Gasteiger charge is 2.09. The average molecular weight is 239 g/mol. The molecule has 0 saturated carbocycles. The summed E-state index contributed by atoms with van der Waals surface area (Å²) in [5, 5.41) is 2.96. The second-order valence-electron chi connectivity index (χ2n) is 3.01. The second kappa shape index (κ2) is 4.32. The van der Waals surface area contributed by atoms with Gasteiger partial charge in [0.1, 0.15) is 5.82 Å².